The van der Waals surface area contributed by atoms with Gasteiger partial charge in [-0.25, -0.2) is 4.98 Å². The van der Waals surface area contributed by atoms with Crippen LogP contribution in [0.1, 0.15) is 22.7 Å². The lowest BCUT2D eigenvalue weighted by atomic mass is 10.1. The first-order chi connectivity index (χ1) is 11.5. The Morgan fingerprint density at radius 2 is 2.17 bits per heavy atom. The molecule has 1 N–H and O–H groups in total. The summed E-state index contributed by atoms with van der Waals surface area (Å²) in [5, 5.41) is 8.23. The Hall–Kier alpha value is -2.41. The Kier molecular flexibility index (Phi) is 4.53. The van der Waals surface area contributed by atoms with Gasteiger partial charge in [-0.2, -0.15) is 5.10 Å². The summed E-state index contributed by atoms with van der Waals surface area (Å²) in [4.78, 5) is 16.8. The number of aryl methyl sites for hydroxylation is 4. The van der Waals surface area contributed by atoms with Crippen molar-refractivity contribution >= 4 is 33.1 Å². The highest BCUT2D eigenvalue weighted by Gasteiger charge is 2.13. The topological polar surface area (TPSA) is 69.0 Å². The molecule has 0 unspecified atom stereocenters. The van der Waals surface area contributed by atoms with Gasteiger partial charge in [0, 0.05) is 25.7 Å². The number of nitrogens with one attached hydrogen (secondary N) is 1. The molecule has 3 rings (SSSR count). The molecule has 0 bridgehead atoms. The second-order valence-corrected chi connectivity index (χ2v) is 6.95. The molecule has 1 aromatic carbocycles. The van der Waals surface area contributed by atoms with Crippen molar-refractivity contribution in [1.29, 1.82) is 0 Å². The number of aromatic nitrogens is 3. The Balaban J connectivity index is 1.73. The summed E-state index contributed by atoms with van der Waals surface area (Å²) < 4.78 is 8.19. The minimum absolute atomic E-state index is 0.0443. The quantitative estimate of drug-likeness (QED) is 0.771. The number of carbonyl (C=O) groups is 1. The van der Waals surface area contributed by atoms with E-state index in [1.54, 1.807) is 23.1 Å². The standard InChI is InChI=1S/C17H20N4O2S/c1-10-12(9-21(3)20-10)5-6-17(22)19-13-8-16-14(7-15(13)23-4)18-11(2)24-16/h7-9H,5-6H2,1-4H3,(H,19,22). The molecule has 0 saturated heterocycles. The van der Waals surface area contributed by atoms with Gasteiger partial charge in [0.1, 0.15) is 5.75 Å². The molecule has 2 aromatic heterocycles. The first kappa shape index (κ1) is 16.4. The van der Waals surface area contributed by atoms with E-state index < -0.39 is 0 Å². The number of thiazole rings is 1. The predicted octanol–water partition coefficient (Wildman–Crippen LogP) is 3.23. The fraction of sp³-hybridized carbons (Fsp3) is 0.353. The number of carbonyl (C=O) groups excluding carboxylic acids is 1. The van der Waals surface area contributed by atoms with E-state index in [-0.39, 0.29) is 5.91 Å². The molecule has 0 fully saturated rings. The molecular weight excluding hydrogens is 324 g/mol. The first-order valence-electron chi connectivity index (χ1n) is 7.70. The zero-order valence-corrected chi connectivity index (χ0v) is 15.0. The highest BCUT2D eigenvalue weighted by molar-refractivity contribution is 7.18. The van der Waals surface area contributed by atoms with Crippen molar-refractivity contribution in [1.82, 2.24) is 14.8 Å². The van der Waals surface area contributed by atoms with Gasteiger partial charge in [0.2, 0.25) is 5.91 Å². The maximum Gasteiger partial charge on any atom is 0.224 e. The second kappa shape index (κ2) is 6.60. The summed E-state index contributed by atoms with van der Waals surface area (Å²) in [5.74, 6) is 0.579. The van der Waals surface area contributed by atoms with E-state index in [1.807, 2.05) is 39.2 Å². The van der Waals surface area contributed by atoms with Gasteiger partial charge in [0.25, 0.3) is 0 Å². The normalized spacial score (nSPS) is 11.0. The number of ether oxygens (including phenoxy) is 1. The van der Waals surface area contributed by atoms with Crippen LogP contribution in [-0.4, -0.2) is 27.8 Å². The molecule has 1 amide bonds. The average molecular weight is 344 g/mol. The lowest BCUT2D eigenvalue weighted by Crippen LogP contribution is -2.13. The largest absolute Gasteiger partial charge is 0.494 e. The Labute approximate surface area is 144 Å². The van der Waals surface area contributed by atoms with Gasteiger partial charge in [-0.1, -0.05) is 0 Å². The SMILES string of the molecule is COc1cc2nc(C)sc2cc1NC(=O)CCc1cn(C)nc1C. The van der Waals surface area contributed by atoms with E-state index >= 15 is 0 Å². The van der Waals surface area contributed by atoms with Crippen LogP contribution in [0.2, 0.25) is 0 Å². The summed E-state index contributed by atoms with van der Waals surface area (Å²) in [7, 11) is 3.47. The highest BCUT2D eigenvalue weighted by atomic mass is 32.1. The third-order valence-corrected chi connectivity index (χ3v) is 4.76. The molecule has 0 atom stereocenters. The van der Waals surface area contributed by atoms with Crippen LogP contribution in [0.5, 0.6) is 5.75 Å². The van der Waals surface area contributed by atoms with Gasteiger partial charge < -0.3 is 10.1 Å². The maximum absolute atomic E-state index is 12.3. The van der Waals surface area contributed by atoms with E-state index in [4.69, 9.17) is 4.74 Å². The van der Waals surface area contributed by atoms with Crippen molar-refractivity contribution in [2.24, 2.45) is 7.05 Å². The van der Waals surface area contributed by atoms with Gasteiger partial charge in [-0.15, -0.1) is 11.3 Å². The van der Waals surface area contributed by atoms with E-state index in [0.29, 0.717) is 24.3 Å². The zero-order chi connectivity index (χ0) is 17.3. The lowest BCUT2D eigenvalue weighted by molar-refractivity contribution is -0.116. The van der Waals surface area contributed by atoms with Crippen LogP contribution in [-0.2, 0) is 18.3 Å². The van der Waals surface area contributed by atoms with Crippen molar-refractivity contribution in [3.63, 3.8) is 0 Å². The minimum atomic E-state index is -0.0443. The van der Waals surface area contributed by atoms with Gasteiger partial charge in [0.05, 0.1) is 33.7 Å². The summed E-state index contributed by atoms with van der Waals surface area (Å²) >= 11 is 1.60. The Morgan fingerprint density at radius 1 is 1.38 bits per heavy atom. The number of methoxy groups -OCH3 is 1. The number of benzene rings is 1. The lowest BCUT2D eigenvalue weighted by Gasteiger charge is -2.10. The molecule has 0 saturated carbocycles. The molecule has 24 heavy (non-hydrogen) atoms. The van der Waals surface area contributed by atoms with Crippen molar-refractivity contribution in [2.45, 2.75) is 26.7 Å². The fourth-order valence-electron chi connectivity index (χ4n) is 2.69. The molecule has 7 heteroatoms. The number of fused-ring (bicyclic) bond motifs is 1. The van der Waals surface area contributed by atoms with Gasteiger partial charge in [0.15, 0.2) is 0 Å². The van der Waals surface area contributed by atoms with Crippen LogP contribution >= 0.6 is 11.3 Å². The van der Waals surface area contributed by atoms with Crippen LogP contribution in [0.15, 0.2) is 18.3 Å². The molecule has 0 aliphatic heterocycles. The molecule has 0 aliphatic rings. The highest BCUT2D eigenvalue weighted by Crippen LogP contribution is 2.33. The monoisotopic (exact) mass is 344 g/mol. The predicted molar refractivity (Wildman–Crippen MR) is 95.8 cm³/mol. The van der Waals surface area contributed by atoms with E-state index in [9.17, 15) is 4.79 Å². The molecule has 0 spiro atoms. The third-order valence-electron chi connectivity index (χ3n) is 3.83. The van der Waals surface area contributed by atoms with Crippen molar-refractivity contribution in [3.8, 4) is 5.75 Å². The number of rotatable bonds is 5. The number of anilines is 1. The third kappa shape index (κ3) is 3.41. The molecule has 126 valence electrons. The van der Waals surface area contributed by atoms with Crippen LogP contribution in [0.25, 0.3) is 10.2 Å². The number of hydrogen-bond donors (Lipinski definition) is 1. The minimum Gasteiger partial charge on any atom is -0.494 e. The summed E-state index contributed by atoms with van der Waals surface area (Å²) in [6, 6.07) is 3.78. The maximum atomic E-state index is 12.3. The molecule has 0 radical (unpaired) electrons. The van der Waals surface area contributed by atoms with Crippen LogP contribution in [0.4, 0.5) is 5.69 Å². The second-order valence-electron chi connectivity index (χ2n) is 5.71. The molecule has 0 aliphatic carbocycles. The molecule has 2 heterocycles. The zero-order valence-electron chi connectivity index (χ0n) is 14.2. The number of hydrogen-bond acceptors (Lipinski definition) is 5. The molecular formula is C17H20N4O2S. The average Bonchev–Trinajstić information content (AvgIpc) is 3.04. The smallest absolute Gasteiger partial charge is 0.224 e. The summed E-state index contributed by atoms with van der Waals surface area (Å²) in [5.41, 5.74) is 3.62. The van der Waals surface area contributed by atoms with Crippen molar-refractivity contribution < 1.29 is 9.53 Å². The van der Waals surface area contributed by atoms with Crippen molar-refractivity contribution in [2.75, 3.05) is 12.4 Å². The van der Waals surface area contributed by atoms with Crippen molar-refractivity contribution in [3.05, 3.63) is 34.6 Å². The fourth-order valence-corrected chi connectivity index (χ4v) is 3.54. The van der Waals surface area contributed by atoms with Crippen LogP contribution in [0, 0.1) is 13.8 Å². The van der Waals surface area contributed by atoms with Gasteiger partial charge in [-0.3, -0.25) is 9.48 Å². The van der Waals surface area contributed by atoms with Crippen LogP contribution in [0.3, 0.4) is 0 Å². The first-order valence-corrected chi connectivity index (χ1v) is 8.52. The van der Waals surface area contributed by atoms with E-state index in [0.717, 1.165) is 26.5 Å². The summed E-state index contributed by atoms with van der Waals surface area (Å²) in [6.07, 6.45) is 3.01. The Morgan fingerprint density at radius 3 is 2.83 bits per heavy atom. The van der Waals surface area contributed by atoms with E-state index in [2.05, 4.69) is 15.4 Å². The van der Waals surface area contributed by atoms with Crippen LogP contribution < -0.4 is 10.1 Å². The van der Waals surface area contributed by atoms with Gasteiger partial charge in [-0.05, 0) is 31.9 Å². The van der Waals surface area contributed by atoms with Gasteiger partial charge >= 0.3 is 0 Å². The molecule has 3 aromatic rings. The molecule has 6 nitrogen and oxygen atoms in total. The van der Waals surface area contributed by atoms with E-state index in [1.165, 1.54) is 0 Å². The number of nitrogens with zero attached hydrogens (tertiary/aromatic N) is 3. The Bertz CT molecular complexity index is 898. The number of amides is 1. The summed E-state index contributed by atoms with van der Waals surface area (Å²) in [6.45, 7) is 3.92.